The summed E-state index contributed by atoms with van der Waals surface area (Å²) < 4.78 is 28.3. The minimum atomic E-state index is -0.426. The van der Waals surface area contributed by atoms with Crippen molar-refractivity contribution in [2.24, 2.45) is 0 Å². The lowest BCUT2D eigenvalue weighted by atomic mass is 10.1. The van der Waals surface area contributed by atoms with Crippen molar-refractivity contribution < 1.29 is 18.7 Å². The van der Waals surface area contributed by atoms with Crippen LogP contribution in [0.4, 0.5) is 4.39 Å². The van der Waals surface area contributed by atoms with Gasteiger partial charge in [0.15, 0.2) is 0 Å². The molecule has 0 fully saturated rings. The Morgan fingerprint density at radius 3 is 2.56 bits per heavy atom. The van der Waals surface area contributed by atoms with Crippen LogP contribution in [0.3, 0.4) is 0 Å². The molecule has 0 aliphatic carbocycles. The number of imidazole rings is 1. The van der Waals surface area contributed by atoms with Crippen molar-refractivity contribution >= 4 is 16.9 Å². The number of ether oxygens (including phenoxy) is 2. The lowest BCUT2D eigenvalue weighted by molar-refractivity contribution is 0.0515. The number of carbonyl (C=O) groups is 1. The molecular weight excluding hydrogens is 459 g/mol. The Morgan fingerprint density at radius 1 is 1.06 bits per heavy atom. The van der Waals surface area contributed by atoms with Gasteiger partial charge in [-0.2, -0.15) is 0 Å². The molecule has 5 rings (SSSR count). The van der Waals surface area contributed by atoms with Gasteiger partial charge >= 0.3 is 5.97 Å². The average molecular weight is 485 g/mol. The van der Waals surface area contributed by atoms with Gasteiger partial charge < -0.3 is 18.6 Å². The molecule has 3 heterocycles. The van der Waals surface area contributed by atoms with Crippen LogP contribution in [0, 0.1) is 12.7 Å². The fourth-order valence-electron chi connectivity index (χ4n) is 4.32. The van der Waals surface area contributed by atoms with Gasteiger partial charge in [-0.3, -0.25) is 4.98 Å². The molecule has 0 spiro atoms. The van der Waals surface area contributed by atoms with Crippen LogP contribution in [0.2, 0.25) is 0 Å². The van der Waals surface area contributed by atoms with Crippen LogP contribution in [0.1, 0.15) is 28.7 Å². The highest BCUT2D eigenvalue weighted by Crippen LogP contribution is 2.34. The first-order valence-corrected chi connectivity index (χ1v) is 11.6. The number of esters is 1. The number of carbonyl (C=O) groups excluding carboxylic acids is 1. The molecule has 0 atom stereocenters. The van der Waals surface area contributed by atoms with E-state index in [0.717, 1.165) is 33.4 Å². The van der Waals surface area contributed by atoms with Crippen LogP contribution in [-0.2, 0) is 11.3 Å². The van der Waals surface area contributed by atoms with Gasteiger partial charge in [0.2, 0.25) is 0 Å². The number of nitrogens with zero attached hydrogens (tertiary/aromatic N) is 4. The lowest BCUT2D eigenvalue weighted by Crippen LogP contribution is -2.12. The highest BCUT2D eigenvalue weighted by atomic mass is 19.1. The number of hydrogen-bond acceptors (Lipinski definition) is 5. The number of fused-ring (bicyclic) bond motifs is 1. The molecule has 0 saturated heterocycles. The van der Waals surface area contributed by atoms with E-state index in [0.29, 0.717) is 23.7 Å². The topological polar surface area (TPSA) is 71.2 Å². The monoisotopic (exact) mass is 484 g/mol. The number of benzene rings is 2. The molecule has 0 radical (unpaired) electrons. The van der Waals surface area contributed by atoms with Gasteiger partial charge in [-0.15, -0.1) is 0 Å². The van der Waals surface area contributed by atoms with E-state index in [4.69, 9.17) is 9.47 Å². The molecule has 0 aliphatic heterocycles. The zero-order valence-electron chi connectivity index (χ0n) is 20.2. The average Bonchev–Trinajstić information content (AvgIpc) is 3.49. The summed E-state index contributed by atoms with van der Waals surface area (Å²) in [7, 11) is 1.62. The maximum atomic E-state index is 13.5. The SMILES string of the molecule is CCOC(=O)c1cc2c(-c3ccc(-n4cnc(C)c4)c(OC)c3)nccc2n1Cc1ccc(F)cc1. The number of aromatic nitrogens is 4. The first kappa shape index (κ1) is 23.3. The van der Waals surface area contributed by atoms with Crippen LogP contribution in [0.15, 0.2) is 73.3 Å². The third-order valence-electron chi connectivity index (χ3n) is 6.01. The van der Waals surface area contributed by atoms with E-state index in [-0.39, 0.29) is 12.4 Å². The molecular formula is C28H25FN4O3. The van der Waals surface area contributed by atoms with Crippen LogP contribution in [-0.4, -0.2) is 38.8 Å². The van der Waals surface area contributed by atoms with Gasteiger partial charge in [0, 0.05) is 29.9 Å². The third-order valence-corrected chi connectivity index (χ3v) is 6.01. The molecule has 8 heteroatoms. The molecule has 2 aromatic carbocycles. The standard InChI is InChI=1S/C28H25FN4O3/c1-4-36-28(34)25-14-22-23(33(25)16-19-5-8-21(29)9-6-19)11-12-30-27(22)20-7-10-24(26(13-20)35-3)32-15-18(2)31-17-32/h5-15,17H,4,16H2,1-3H3. The Balaban J connectivity index is 1.64. The molecule has 0 N–H and O–H groups in total. The predicted molar refractivity (Wildman–Crippen MR) is 135 cm³/mol. The van der Waals surface area contributed by atoms with Gasteiger partial charge in [0.05, 0.1) is 42.6 Å². The maximum absolute atomic E-state index is 13.5. The van der Waals surface area contributed by atoms with Gasteiger partial charge in [0.1, 0.15) is 17.3 Å². The first-order chi connectivity index (χ1) is 17.5. The van der Waals surface area contributed by atoms with Crippen molar-refractivity contribution in [1.29, 1.82) is 0 Å². The van der Waals surface area contributed by atoms with Crippen molar-refractivity contribution in [2.45, 2.75) is 20.4 Å². The summed E-state index contributed by atoms with van der Waals surface area (Å²) >= 11 is 0. The molecule has 5 aromatic rings. The molecule has 0 saturated carbocycles. The number of aryl methyl sites for hydroxylation is 1. The fourth-order valence-corrected chi connectivity index (χ4v) is 4.32. The molecule has 3 aromatic heterocycles. The number of methoxy groups -OCH3 is 1. The molecule has 0 aliphatic rings. The van der Waals surface area contributed by atoms with Crippen molar-refractivity contribution in [3.8, 4) is 22.7 Å². The summed E-state index contributed by atoms with van der Waals surface area (Å²) in [6, 6.07) is 15.8. The summed E-state index contributed by atoms with van der Waals surface area (Å²) in [6.07, 6.45) is 5.39. The summed E-state index contributed by atoms with van der Waals surface area (Å²) in [4.78, 5) is 21.8. The van der Waals surface area contributed by atoms with Crippen LogP contribution < -0.4 is 4.74 Å². The summed E-state index contributed by atoms with van der Waals surface area (Å²) in [5, 5.41) is 0.802. The normalized spacial score (nSPS) is 11.1. The number of rotatable bonds is 7. The Labute approximate surface area is 207 Å². The fraction of sp³-hybridized carbons (Fsp3) is 0.179. The van der Waals surface area contributed by atoms with Crippen molar-refractivity contribution in [3.63, 3.8) is 0 Å². The molecule has 0 amide bonds. The quantitative estimate of drug-likeness (QED) is 0.283. The lowest BCUT2D eigenvalue weighted by Gasteiger charge is -2.12. The highest BCUT2D eigenvalue weighted by molar-refractivity contribution is 6.01. The number of pyridine rings is 1. The van der Waals surface area contributed by atoms with Gasteiger partial charge in [0.25, 0.3) is 0 Å². The Morgan fingerprint density at radius 2 is 1.86 bits per heavy atom. The number of halogens is 1. The minimum absolute atomic E-state index is 0.258. The second kappa shape index (κ2) is 9.65. The van der Waals surface area contributed by atoms with Crippen molar-refractivity contribution in [2.75, 3.05) is 13.7 Å². The third kappa shape index (κ3) is 4.33. The number of hydrogen-bond donors (Lipinski definition) is 0. The predicted octanol–water partition coefficient (Wildman–Crippen LogP) is 5.57. The summed E-state index contributed by atoms with van der Waals surface area (Å²) in [5.41, 5.74) is 5.40. The first-order valence-electron chi connectivity index (χ1n) is 11.6. The minimum Gasteiger partial charge on any atom is -0.495 e. The van der Waals surface area contributed by atoms with Crippen LogP contribution in [0.5, 0.6) is 5.75 Å². The van der Waals surface area contributed by atoms with Gasteiger partial charge in [-0.05, 0) is 55.8 Å². The van der Waals surface area contributed by atoms with Crippen LogP contribution >= 0.6 is 0 Å². The second-order valence-corrected chi connectivity index (χ2v) is 8.36. The maximum Gasteiger partial charge on any atom is 0.354 e. The Kier molecular flexibility index (Phi) is 6.25. The second-order valence-electron chi connectivity index (χ2n) is 8.36. The summed E-state index contributed by atoms with van der Waals surface area (Å²) in [6.45, 7) is 4.34. The Hall–Kier alpha value is -4.46. The van der Waals surface area contributed by atoms with Gasteiger partial charge in [-0.1, -0.05) is 18.2 Å². The van der Waals surface area contributed by atoms with E-state index in [2.05, 4.69) is 9.97 Å². The van der Waals surface area contributed by atoms with E-state index in [9.17, 15) is 9.18 Å². The molecule has 0 bridgehead atoms. The molecule has 0 unspecified atom stereocenters. The van der Waals surface area contributed by atoms with E-state index in [1.54, 1.807) is 44.8 Å². The van der Waals surface area contributed by atoms with Crippen molar-refractivity contribution in [3.05, 3.63) is 96.1 Å². The van der Waals surface area contributed by atoms with Crippen molar-refractivity contribution in [1.82, 2.24) is 19.1 Å². The van der Waals surface area contributed by atoms with E-state index in [1.807, 2.05) is 46.5 Å². The van der Waals surface area contributed by atoms with E-state index in [1.165, 1.54) is 12.1 Å². The summed E-state index contributed by atoms with van der Waals surface area (Å²) in [5.74, 6) is -0.0679. The highest BCUT2D eigenvalue weighted by Gasteiger charge is 2.20. The zero-order valence-corrected chi connectivity index (χ0v) is 20.2. The Bertz CT molecular complexity index is 1550. The van der Waals surface area contributed by atoms with E-state index >= 15 is 0 Å². The smallest absolute Gasteiger partial charge is 0.354 e. The van der Waals surface area contributed by atoms with E-state index < -0.39 is 5.97 Å². The largest absolute Gasteiger partial charge is 0.495 e. The molecule has 182 valence electrons. The zero-order chi connectivity index (χ0) is 25.2. The van der Waals surface area contributed by atoms with Crippen LogP contribution in [0.25, 0.3) is 27.8 Å². The van der Waals surface area contributed by atoms with Gasteiger partial charge in [-0.25, -0.2) is 14.2 Å². The molecule has 7 nitrogen and oxygen atoms in total. The molecule has 36 heavy (non-hydrogen) atoms.